The van der Waals surface area contributed by atoms with Gasteiger partial charge in [-0.3, -0.25) is 0 Å². The molecule has 1 unspecified atom stereocenters. The van der Waals surface area contributed by atoms with Crippen molar-refractivity contribution in [1.82, 2.24) is 0 Å². The zero-order chi connectivity index (χ0) is 10.3. The largest absolute Gasteiger partial charge is 0.432 e. The zero-order valence-electron chi connectivity index (χ0n) is 8.33. The number of ether oxygens (including phenoxy) is 3. The molecule has 0 aliphatic carbocycles. The van der Waals surface area contributed by atoms with Crippen LogP contribution in [0.25, 0.3) is 0 Å². The highest BCUT2D eigenvalue weighted by Gasteiger charge is 2.12. The maximum absolute atomic E-state index is 11.0. The van der Waals surface area contributed by atoms with Crippen molar-refractivity contribution in [2.24, 2.45) is 0 Å². The van der Waals surface area contributed by atoms with Crippen molar-refractivity contribution in [3.63, 3.8) is 0 Å². The van der Waals surface area contributed by atoms with Crippen molar-refractivity contribution in [3.8, 4) is 0 Å². The van der Waals surface area contributed by atoms with Crippen LogP contribution in [0.4, 0.5) is 0 Å². The number of carbonyl (C=O) groups is 1. The first kappa shape index (κ1) is 12.1. The molecule has 0 radical (unpaired) electrons. The summed E-state index contributed by atoms with van der Waals surface area (Å²) in [6.07, 6.45) is 0.0340. The van der Waals surface area contributed by atoms with Crippen LogP contribution < -0.4 is 0 Å². The van der Waals surface area contributed by atoms with E-state index in [4.69, 9.17) is 9.47 Å². The lowest BCUT2D eigenvalue weighted by Gasteiger charge is -2.15. The van der Waals surface area contributed by atoms with Gasteiger partial charge in [0.05, 0.1) is 0 Å². The molecule has 0 aromatic rings. The Balaban J connectivity index is 3.83. The Hall–Kier alpha value is -0.870. The van der Waals surface area contributed by atoms with Crippen LogP contribution in [0.15, 0.2) is 12.2 Å². The Labute approximate surface area is 78.5 Å². The third kappa shape index (κ3) is 5.38. The maximum Gasteiger partial charge on any atom is 0.335 e. The minimum absolute atomic E-state index is 0.113. The molecular formula is C9H16O4. The molecule has 0 amide bonds. The predicted molar refractivity (Wildman–Crippen MR) is 47.9 cm³/mol. The van der Waals surface area contributed by atoms with Gasteiger partial charge in [0.15, 0.2) is 6.79 Å². The van der Waals surface area contributed by atoms with Crippen molar-refractivity contribution in [2.45, 2.75) is 26.6 Å². The quantitative estimate of drug-likeness (QED) is 0.359. The third-order valence-corrected chi connectivity index (χ3v) is 1.29. The van der Waals surface area contributed by atoms with Gasteiger partial charge in [-0.1, -0.05) is 13.5 Å². The monoisotopic (exact) mass is 188 g/mol. The fourth-order valence-electron chi connectivity index (χ4n) is 0.599. The molecule has 0 bridgehead atoms. The SMILES string of the molecule is C=C(C)C(=O)OC(CC)OCOC. The molecular weight excluding hydrogens is 172 g/mol. The Morgan fingerprint density at radius 3 is 2.54 bits per heavy atom. The van der Waals surface area contributed by atoms with Gasteiger partial charge in [0.25, 0.3) is 0 Å². The van der Waals surface area contributed by atoms with E-state index < -0.39 is 12.3 Å². The zero-order valence-corrected chi connectivity index (χ0v) is 8.33. The first-order valence-corrected chi connectivity index (χ1v) is 4.08. The van der Waals surface area contributed by atoms with E-state index in [2.05, 4.69) is 11.3 Å². The molecule has 76 valence electrons. The molecule has 0 aromatic carbocycles. The number of esters is 1. The number of rotatable bonds is 6. The first-order chi connectivity index (χ1) is 6.11. The van der Waals surface area contributed by atoms with E-state index in [9.17, 15) is 4.79 Å². The Bertz CT molecular complexity index is 176. The molecule has 0 N–H and O–H groups in total. The molecule has 0 heterocycles. The second kappa shape index (κ2) is 6.62. The Kier molecular flexibility index (Phi) is 6.18. The maximum atomic E-state index is 11.0. The summed E-state index contributed by atoms with van der Waals surface area (Å²) in [6, 6.07) is 0. The normalized spacial score (nSPS) is 12.2. The lowest BCUT2D eigenvalue weighted by molar-refractivity contribution is -0.195. The summed E-state index contributed by atoms with van der Waals surface area (Å²) in [7, 11) is 1.51. The van der Waals surface area contributed by atoms with Crippen LogP contribution >= 0.6 is 0 Å². The fourth-order valence-corrected chi connectivity index (χ4v) is 0.599. The molecule has 13 heavy (non-hydrogen) atoms. The third-order valence-electron chi connectivity index (χ3n) is 1.29. The fraction of sp³-hybridized carbons (Fsp3) is 0.667. The van der Waals surface area contributed by atoms with Crippen LogP contribution in [0.3, 0.4) is 0 Å². The molecule has 0 rings (SSSR count). The van der Waals surface area contributed by atoms with Gasteiger partial charge in [-0.2, -0.15) is 0 Å². The van der Waals surface area contributed by atoms with Crippen LogP contribution in [0.5, 0.6) is 0 Å². The second-order valence-corrected chi connectivity index (χ2v) is 2.60. The smallest absolute Gasteiger partial charge is 0.335 e. The molecule has 0 saturated carbocycles. The standard InChI is InChI=1S/C9H16O4/c1-5-8(12-6-11-4)13-9(10)7(2)3/h8H,2,5-6H2,1,3-4H3. The van der Waals surface area contributed by atoms with Gasteiger partial charge in [-0.25, -0.2) is 4.79 Å². The summed E-state index contributed by atoms with van der Waals surface area (Å²) in [6.45, 7) is 7.02. The van der Waals surface area contributed by atoms with Crippen molar-refractivity contribution >= 4 is 5.97 Å². The van der Waals surface area contributed by atoms with Gasteiger partial charge >= 0.3 is 5.97 Å². The minimum Gasteiger partial charge on any atom is -0.432 e. The number of methoxy groups -OCH3 is 1. The van der Waals surface area contributed by atoms with Gasteiger partial charge in [0.2, 0.25) is 6.29 Å². The second-order valence-electron chi connectivity index (χ2n) is 2.60. The lowest BCUT2D eigenvalue weighted by Crippen LogP contribution is -2.21. The molecule has 0 aliphatic rings. The Morgan fingerprint density at radius 1 is 1.54 bits per heavy atom. The van der Waals surface area contributed by atoms with Crippen LogP contribution in [-0.2, 0) is 19.0 Å². The molecule has 0 aromatic heterocycles. The summed E-state index contributed by atoms with van der Waals surface area (Å²) in [5.41, 5.74) is 0.361. The highest BCUT2D eigenvalue weighted by Crippen LogP contribution is 2.03. The van der Waals surface area contributed by atoms with E-state index in [0.29, 0.717) is 12.0 Å². The van der Waals surface area contributed by atoms with E-state index >= 15 is 0 Å². The van der Waals surface area contributed by atoms with E-state index in [0.717, 1.165) is 0 Å². The number of hydrogen-bond acceptors (Lipinski definition) is 4. The average molecular weight is 188 g/mol. The number of carbonyl (C=O) groups excluding carboxylic acids is 1. The van der Waals surface area contributed by atoms with E-state index in [1.807, 2.05) is 6.92 Å². The highest BCUT2D eigenvalue weighted by atomic mass is 16.8. The van der Waals surface area contributed by atoms with Crippen molar-refractivity contribution in [3.05, 3.63) is 12.2 Å². The van der Waals surface area contributed by atoms with E-state index in [-0.39, 0.29) is 6.79 Å². The molecule has 1 atom stereocenters. The van der Waals surface area contributed by atoms with Gasteiger partial charge in [0, 0.05) is 19.1 Å². The van der Waals surface area contributed by atoms with E-state index in [1.165, 1.54) is 7.11 Å². The summed E-state index contributed by atoms with van der Waals surface area (Å²) in [5.74, 6) is -0.442. The summed E-state index contributed by atoms with van der Waals surface area (Å²) in [4.78, 5) is 11.0. The van der Waals surface area contributed by atoms with Gasteiger partial charge in [-0.15, -0.1) is 0 Å². The van der Waals surface area contributed by atoms with Crippen LogP contribution in [0, 0.1) is 0 Å². The van der Waals surface area contributed by atoms with Crippen molar-refractivity contribution in [1.29, 1.82) is 0 Å². The molecule has 0 aliphatic heterocycles. The highest BCUT2D eigenvalue weighted by molar-refractivity contribution is 5.86. The van der Waals surface area contributed by atoms with E-state index in [1.54, 1.807) is 6.92 Å². The average Bonchev–Trinajstić information content (AvgIpc) is 2.11. The molecule has 4 nitrogen and oxygen atoms in total. The van der Waals surface area contributed by atoms with Gasteiger partial charge in [-0.05, 0) is 6.92 Å². The minimum atomic E-state index is -0.552. The number of hydrogen-bond donors (Lipinski definition) is 0. The predicted octanol–water partition coefficient (Wildman–Crippen LogP) is 1.46. The summed E-state index contributed by atoms with van der Waals surface area (Å²) < 4.78 is 14.7. The van der Waals surface area contributed by atoms with Crippen LogP contribution in [0.2, 0.25) is 0 Å². The molecule has 0 fully saturated rings. The summed E-state index contributed by atoms with van der Waals surface area (Å²) in [5, 5.41) is 0. The van der Waals surface area contributed by atoms with Gasteiger partial charge in [0.1, 0.15) is 0 Å². The van der Waals surface area contributed by atoms with Crippen molar-refractivity contribution in [2.75, 3.05) is 13.9 Å². The van der Waals surface area contributed by atoms with Crippen LogP contribution in [0.1, 0.15) is 20.3 Å². The van der Waals surface area contributed by atoms with Gasteiger partial charge < -0.3 is 14.2 Å². The summed E-state index contributed by atoms with van der Waals surface area (Å²) >= 11 is 0. The lowest BCUT2D eigenvalue weighted by atomic mass is 10.3. The van der Waals surface area contributed by atoms with Crippen molar-refractivity contribution < 1.29 is 19.0 Å². The molecule has 0 saturated heterocycles. The topological polar surface area (TPSA) is 44.8 Å². The van der Waals surface area contributed by atoms with Crippen LogP contribution in [-0.4, -0.2) is 26.2 Å². The molecule has 4 heteroatoms. The molecule has 0 spiro atoms. The first-order valence-electron chi connectivity index (χ1n) is 4.08. The Morgan fingerprint density at radius 2 is 2.15 bits per heavy atom.